The van der Waals surface area contributed by atoms with Crippen molar-refractivity contribution < 1.29 is 26.7 Å². The number of alkyl carbamates (subject to hydrolysis) is 1. The minimum atomic E-state index is -3.81. The lowest BCUT2D eigenvalue weighted by molar-refractivity contribution is 0.171. The molecule has 0 aliphatic heterocycles. The third-order valence-corrected chi connectivity index (χ3v) is 5.27. The third-order valence-electron chi connectivity index (χ3n) is 4.68. The Morgan fingerprint density at radius 3 is 2.49 bits per heavy atom. The SMILES string of the molecule is CC.COC(=O)NCCNc1nccc(-c2cn(C(C)C)nc2-c2c(F)ccc(NS(C)(=O)=O)c2F)n1. The Balaban J connectivity index is 0.00000235. The molecule has 0 unspecified atom stereocenters. The summed E-state index contributed by atoms with van der Waals surface area (Å²) in [4.78, 5) is 19.7. The van der Waals surface area contributed by atoms with Gasteiger partial charge in [-0.2, -0.15) is 5.10 Å². The number of halogens is 2. The molecule has 14 heteroatoms. The molecule has 202 valence electrons. The molecular weight excluding hydrogens is 508 g/mol. The number of rotatable bonds is 9. The van der Waals surface area contributed by atoms with E-state index in [9.17, 15) is 17.6 Å². The van der Waals surface area contributed by atoms with Gasteiger partial charge in [0.2, 0.25) is 16.0 Å². The van der Waals surface area contributed by atoms with Gasteiger partial charge in [-0.3, -0.25) is 9.40 Å². The van der Waals surface area contributed by atoms with Crippen LogP contribution in [0, 0.1) is 11.6 Å². The number of aromatic nitrogens is 4. The van der Waals surface area contributed by atoms with Gasteiger partial charge in [-0.05, 0) is 32.0 Å². The maximum Gasteiger partial charge on any atom is 0.406 e. The number of carbonyl (C=O) groups is 1. The molecule has 0 fully saturated rings. The van der Waals surface area contributed by atoms with E-state index in [-0.39, 0.29) is 24.2 Å². The molecule has 2 heterocycles. The molecule has 0 saturated carbocycles. The lowest BCUT2D eigenvalue weighted by Crippen LogP contribution is -2.28. The zero-order valence-electron chi connectivity index (χ0n) is 21.5. The Bertz CT molecular complexity index is 1330. The highest BCUT2D eigenvalue weighted by Crippen LogP contribution is 2.36. The van der Waals surface area contributed by atoms with Gasteiger partial charge in [0.1, 0.15) is 11.5 Å². The molecule has 1 aromatic carbocycles. The van der Waals surface area contributed by atoms with Crippen molar-refractivity contribution >= 4 is 27.8 Å². The minimum Gasteiger partial charge on any atom is -0.453 e. The summed E-state index contributed by atoms with van der Waals surface area (Å²) in [5.41, 5.74) is -0.319. The lowest BCUT2D eigenvalue weighted by Gasteiger charge is -2.11. The summed E-state index contributed by atoms with van der Waals surface area (Å²) in [6.45, 7) is 8.22. The molecule has 2 aromatic heterocycles. The lowest BCUT2D eigenvalue weighted by atomic mass is 10.0. The van der Waals surface area contributed by atoms with Gasteiger partial charge in [-0.15, -0.1) is 0 Å². The van der Waals surface area contributed by atoms with Gasteiger partial charge >= 0.3 is 6.09 Å². The summed E-state index contributed by atoms with van der Waals surface area (Å²) in [5.74, 6) is -1.81. The first kappa shape index (κ1) is 29.4. The Labute approximate surface area is 214 Å². The van der Waals surface area contributed by atoms with Crippen molar-refractivity contribution in [3.05, 3.63) is 42.2 Å². The molecule has 1 amide bonds. The number of amides is 1. The third kappa shape index (κ3) is 7.84. The maximum absolute atomic E-state index is 15.3. The molecule has 3 aromatic rings. The smallest absolute Gasteiger partial charge is 0.406 e. The predicted molar refractivity (Wildman–Crippen MR) is 138 cm³/mol. The standard InChI is InChI=1S/C21H25F2N7O4S.C2H6/c1-12(2)30-11-13(15-7-8-24-20(27-15)25-9-10-26-21(31)34-3)19(28-30)17-14(22)5-6-16(18(17)23)29-35(4,32)33;1-2/h5-8,11-12,29H,9-10H2,1-4H3,(H,26,31)(H,24,25,27);1-2H3. The van der Waals surface area contributed by atoms with Crippen LogP contribution in [0.4, 0.5) is 25.2 Å². The fourth-order valence-electron chi connectivity index (χ4n) is 3.08. The van der Waals surface area contributed by atoms with Gasteiger partial charge in [0.25, 0.3) is 0 Å². The van der Waals surface area contributed by atoms with Gasteiger partial charge in [-0.1, -0.05) is 13.8 Å². The number of anilines is 2. The van der Waals surface area contributed by atoms with Gasteiger partial charge in [0.05, 0.1) is 30.3 Å². The topological polar surface area (TPSA) is 140 Å². The zero-order valence-corrected chi connectivity index (χ0v) is 22.3. The Morgan fingerprint density at radius 1 is 1.16 bits per heavy atom. The van der Waals surface area contributed by atoms with Crippen LogP contribution in [-0.2, 0) is 14.8 Å². The van der Waals surface area contributed by atoms with Crippen LogP contribution in [0.2, 0.25) is 0 Å². The molecular formula is C23H31F2N7O4S. The first-order valence-corrected chi connectivity index (χ1v) is 13.3. The number of methoxy groups -OCH3 is 1. The van der Waals surface area contributed by atoms with Crippen LogP contribution < -0.4 is 15.4 Å². The molecule has 0 radical (unpaired) electrons. The highest BCUT2D eigenvalue weighted by Gasteiger charge is 2.25. The van der Waals surface area contributed by atoms with Crippen molar-refractivity contribution in [2.45, 2.75) is 33.7 Å². The minimum absolute atomic E-state index is 0.0529. The summed E-state index contributed by atoms with van der Waals surface area (Å²) in [6, 6.07) is 3.38. The van der Waals surface area contributed by atoms with Crippen molar-refractivity contribution in [2.75, 3.05) is 36.5 Å². The zero-order chi connectivity index (χ0) is 27.8. The number of carbonyl (C=O) groups excluding carboxylic acids is 1. The fraction of sp³-hybridized carbons (Fsp3) is 0.391. The van der Waals surface area contributed by atoms with Crippen LogP contribution in [0.15, 0.2) is 30.6 Å². The van der Waals surface area contributed by atoms with E-state index in [1.54, 1.807) is 12.3 Å². The predicted octanol–water partition coefficient (Wildman–Crippen LogP) is 4.03. The van der Waals surface area contributed by atoms with Crippen LogP contribution in [0.5, 0.6) is 0 Å². The van der Waals surface area contributed by atoms with E-state index in [0.29, 0.717) is 17.8 Å². The molecule has 3 N–H and O–H groups in total. The maximum atomic E-state index is 15.3. The first-order valence-electron chi connectivity index (χ1n) is 11.4. The second-order valence-electron chi connectivity index (χ2n) is 7.73. The van der Waals surface area contributed by atoms with Crippen molar-refractivity contribution in [1.29, 1.82) is 0 Å². The fourth-order valence-corrected chi connectivity index (χ4v) is 3.64. The van der Waals surface area contributed by atoms with Crippen LogP contribution >= 0.6 is 0 Å². The Kier molecular flexibility index (Phi) is 10.3. The van der Waals surface area contributed by atoms with E-state index in [1.807, 2.05) is 32.4 Å². The largest absolute Gasteiger partial charge is 0.453 e. The van der Waals surface area contributed by atoms with Gasteiger partial charge in [-0.25, -0.2) is 32.0 Å². The Morgan fingerprint density at radius 2 is 1.86 bits per heavy atom. The number of sulfonamides is 1. The summed E-state index contributed by atoms with van der Waals surface area (Å²) in [6.07, 6.45) is 3.35. The summed E-state index contributed by atoms with van der Waals surface area (Å²) in [5, 5.41) is 9.81. The molecule has 3 rings (SSSR count). The van der Waals surface area contributed by atoms with E-state index in [1.165, 1.54) is 18.0 Å². The van der Waals surface area contributed by atoms with Crippen molar-refractivity contribution in [3.63, 3.8) is 0 Å². The molecule has 0 aliphatic carbocycles. The monoisotopic (exact) mass is 539 g/mol. The molecule has 0 aliphatic rings. The number of ether oxygens (including phenoxy) is 1. The number of nitrogens with one attached hydrogen (secondary N) is 3. The Hall–Kier alpha value is -3.81. The highest BCUT2D eigenvalue weighted by atomic mass is 32.2. The van der Waals surface area contributed by atoms with Crippen LogP contribution in [0.25, 0.3) is 22.5 Å². The molecule has 37 heavy (non-hydrogen) atoms. The van der Waals surface area contributed by atoms with E-state index in [2.05, 4.69) is 30.4 Å². The van der Waals surface area contributed by atoms with Gasteiger partial charge in [0, 0.05) is 37.1 Å². The first-order chi connectivity index (χ1) is 17.5. The van der Waals surface area contributed by atoms with Crippen LogP contribution in [0.3, 0.4) is 0 Å². The van der Waals surface area contributed by atoms with Gasteiger partial charge < -0.3 is 15.4 Å². The number of hydrogen-bond donors (Lipinski definition) is 3. The van der Waals surface area contributed by atoms with E-state index >= 15 is 4.39 Å². The second kappa shape index (κ2) is 12.9. The molecule has 0 bridgehead atoms. The van der Waals surface area contributed by atoms with Crippen LogP contribution in [0.1, 0.15) is 33.7 Å². The number of nitrogens with zero attached hydrogens (tertiary/aromatic N) is 4. The summed E-state index contributed by atoms with van der Waals surface area (Å²) < 4.78 is 61.5. The average Bonchev–Trinajstić information content (AvgIpc) is 3.30. The molecule has 0 atom stereocenters. The average molecular weight is 540 g/mol. The van der Waals surface area contributed by atoms with Crippen molar-refractivity contribution in [1.82, 2.24) is 25.1 Å². The quantitative estimate of drug-likeness (QED) is 0.346. The molecule has 0 saturated heterocycles. The number of hydrogen-bond acceptors (Lipinski definition) is 8. The normalized spacial score (nSPS) is 10.9. The summed E-state index contributed by atoms with van der Waals surface area (Å²) in [7, 11) is -2.55. The summed E-state index contributed by atoms with van der Waals surface area (Å²) >= 11 is 0. The van der Waals surface area contributed by atoms with E-state index in [0.717, 1.165) is 18.4 Å². The van der Waals surface area contributed by atoms with E-state index in [4.69, 9.17) is 0 Å². The highest BCUT2D eigenvalue weighted by molar-refractivity contribution is 7.92. The van der Waals surface area contributed by atoms with E-state index < -0.39 is 39.0 Å². The van der Waals surface area contributed by atoms with Crippen molar-refractivity contribution in [2.24, 2.45) is 0 Å². The molecule has 11 nitrogen and oxygen atoms in total. The van der Waals surface area contributed by atoms with Crippen molar-refractivity contribution in [3.8, 4) is 22.5 Å². The molecule has 0 spiro atoms. The van der Waals surface area contributed by atoms with Gasteiger partial charge in [0.15, 0.2) is 5.82 Å². The second-order valence-corrected chi connectivity index (χ2v) is 9.48. The number of benzene rings is 1. The van der Waals surface area contributed by atoms with Crippen LogP contribution in [-0.4, -0.2) is 60.7 Å².